The Labute approximate surface area is 104 Å². The number of hydrogen-bond donors (Lipinski definition) is 2. The fourth-order valence-electron chi connectivity index (χ4n) is 2.86. The molecule has 2 N–H and O–H groups in total. The van der Waals surface area contributed by atoms with Gasteiger partial charge in [0, 0.05) is 19.1 Å². The van der Waals surface area contributed by atoms with Crippen molar-refractivity contribution in [2.45, 2.75) is 39.2 Å². The van der Waals surface area contributed by atoms with E-state index in [1.165, 1.54) is 6.42 Å². The molecule has 2 atom stereocenters. The largest absolute Gasteiger partial charge is 0.333 e. The first-order valence-corrected chi connectivity index (χ1v) is 6.91. The van der Waals surface area contributed by atoms with E-state index in [1.54, 1.807) is 0 Å². The van der Waals surface area contributed by atoms with Gasteiger partial charge >= 0.3 is 6.03 Å². The fraction of sp³-hybridized carbons (Fsp3) is 0.923. The number of urea groups is 1. The van der Waals surface area contributed by atoms with Gasteiger partial charge in [-0.3, -0.25) is 0 Å². The molecule has 0 aliphatic carbocycles. The molecule has 2 saturated heterocycles. The van der Waals surface area contributed by atoms with E-state index in [0.717, 1.165) is 44.9 Å². The Morgan fingerprint density at radius 3 is 2.94 bits per heavy atom. The van der Waals surface area contributed by atoms with E-state index < -0.39 is 0 Å². The van der Waals surface area contributed by atoms with Gasteiger partial charge in [-0.2, -0.15) is 0 Å². The van der Waals surface area contributed by atoms with Crippen molar-refractivity contribution in [1.29, 1.82) is 0 Å². The molecule has 98 valence electrons. The molecule has 0 spiro atoms. The summed E-state index contributed by atoms with van der Waals surface area (Å²) in [5, 5.41) is 6.46. The third kappa shape index (κ3) is 3.60. The molecule has 0 aromatic heterocycles. The number of carbonyl (C=O) groups is 1. The van der Waals surface area contributed by atoms with E-state index in [4.69, 9.17) is 0 Å². The summed E-state index contributed by atoms with van der Waals surface area (Å²) in [6.07, 6.45) is 3.51. The maximum atomic E-state index is 11.8. The van der Waals surface area contributed by atoms with Crippen LogP contribution in [0.1, 0.15) is 33.1 Å². The van der Waals surface area contributed by atoms with Crippen LogP contribution in [0, 0.1) is 11.8 Å². The van der Waals surface area contributed by atoms with Crippen LogP contribution >= 0.6 is 0 Å². The summed E-state index contributed by atoms with van der Waals surface area (Å²) in [6, 6.07) is 0.505. The fourth-order valence-corrected chi connectivity index (χ4v) is 2.86. The van der Waals surface area contributed by atoms with Crippen molar-refractivity contribution < 1.29 is 4.79 Å². The van der Waals surface area contributed by atoms with E-state index >= 15 is 0 Å². The molecule has 0 aromatic carbocycles. The minimum Gasteiger partial charge on any atom is -0.333 e. The SMILES string of the molecule is CC(C)CC1CN(CCC2CCNC2)C(=O)N1. The molecule has 4 heteroatoms. The third-order valence-corrected chi connectivity index (χ3v) is 3.78. The van der Waals surface area contributed by atoms with Gasteiger partial charge in [-0.15, -0.1) is 0 Å². The first kappa shape index (κ1) is 12.7. The van der Waals surface area contributed by atoms with Crippen LogP contribution in [0.3, 0.4) is 0 Å². The van der Waals surface area contributed by atoms with Crippen molar-refractivity contribution in [2.75, 3.05) is 26.2 Å². The number of hydrogen-bond acceptors (Lipinski definition) is 2. The lowest BCUT2D eigenvalue weighted by molar-refractivity contribution is 0.214. The Balaban J connectivity index is 1.71. The second-order valence-electron chi connectivity index (χ2n) is 5.87. The zero-order valence-corrected chi connectivity index (χ0v) is 11.0. The van der Waals surface area contributed by atoms with Crippen LogP contribution in [0.5, 0.6) is 0 Å². The molecule has 2 heterocycles. The Morgan fingerprint density at radius 2 is 2.29 bits per heavy atom. The van der Waals surface area contributed by atoms with Crippen molar-refractivity contribution >= 4 is 6.03 Å². The average Bonchev–Trinajstić information content (AvgIpc) is 2.84. The van der Waals surface area contributed by atoms with E-state index in [0.29, 0.717) is 12.0 Å². The number of nitrogens with one attached hydrogen (secondary N) is 2. The number of rotatable bonds is 5. The summed E-state index contributed by atoms with van der Waals surface area (Å²) in [7, 11) is 0. The smallest absolute Gasteiger partial charge is 0.317 e. The topological polar surface area (TPSA) is 44.4 Å². The normalized spacial score (nSPS) is 29.1. The van der Waals surface area contributed by atoms with Crippen molar-refractivity contribution in [3.8, 4) is 0 Å². The Kier molecular flexibility index (Phi) is 4.26. The molecule has 2 fully saturated rings. The second kappa shape index (κ2) is 5.71. The monoisotopic (exact) mass is 239 g/mol. The molecule has 2 aliphatic rings. The molecular formula is C13H25N3O. The third-order valence-electron chi connectivity index (χ3n) is 3.78. The highest BCUT2D eigenvalue weighted by molar-refractivity contribution is 5.76. The molecule has 0 aromatic rings. The number of amides is 2. The lowest BCUT2D eigenvalue weighted by atomic mass is 10.0. The number of nitrogens with zero attached hydrogens (tertiary/aromatic N) is 1. The standard InChI is InChI=1S/C13H25N3O/c1-10(2)7-12-9-16(13(17)15-12)6-4-11-3-5-14-8-11/h10-12,14H,3-9H2,1-2H3,(H,15,17). The van der Waals surface area contributed by atoms with Gasteiger partial charge in [0.1, 0.15) is 0 Å². The molecule has 2 aliphatic heterocycles. The quantitative estimate of drug-likeness (QED) is 0.762. The predicted molar refractivity (Wildman–Crippen MR) is 68.9 cm³/mol. The summed E-state index contributed by atoms with van der Waals surface area (Å²) in [6.45, 7) is 8.51. The maximum absolute atomic E-state index is 11.8. The molecule has 2 unspecified atom stereocenters. The molecule has 0 radical (unpaired) electrons. The van der Waals surface area contributed by atoms with Crippen LogP contribution in [0.15, 0.2) is 0 Å². The lowest BCUT2D eigenvalue weighted by Crippen LogP contribution is -2.30. The molecule has 0 saturated carbocycles. The Hall–Kier alpha value is -0.770. The minimum absolute atomic E-state index is 0.140. The summed E-state index contributed by atoms with van der Waals surface area (Å²) >= 11 is 0. The molecule has 0 bridgehead atoms. The highest BCUT2D eigenvalue weighted by Crippen LogP contribution is 2.16. The van der Waals surface area contributed by atoms with E-state index in [9.17, 15) is 4.79 Å². The first-order valence-electron chi connectivity index (χ1n) is 6.91. The van der Waals surface area contributed by atoms with Gasteiger partial charge in [-0.1, -0.05) is 13.8 Å². The highest BCUT2D eigenvalue weighted by atomic mass is 16.2. The van der Waals surface area contributed by atoms with Crippen molar-refractivity contribution in [3.05, 3.63) is 0 Å². The molecular weight excluding hydrogens is 214 g/mol. The van der Waals surface area contributed by atoms with Crippen LogP contribution in [0.25, 0.3) is 0 Å². The van der Waals surface area contributed by atoms with Crippen LogP contribution in [-0.2, 0) is 0 Å². The maximum Gasteiger partial charge on any atom is 0.317 e. The predicted octanol–water partition coefficient (Wildman–Crippen LogP) is 1.43. The van der Waals surface area contributed by atoms with Crippen LogP contribution in [0.4, 0.5) is 4.79 Å². The summed E-state index contributed by atoms with van der Waals surface area (Å²) in [5.41, 5.74) is 0. The Bertz CT molecular complexity index is 261. The van der Waals surface area contributed by atoms with Gasteiger partial charge in [0.05, 0.1) is 0 Å². The molecule has 2 amide bonds. The van der Waals surface area contributed by atoms with Gasteiger partial charge in [0.15, 0.2) is 0 Å². The molecule has 17 heavy (non-hydrogen) atoms. The first-order chi connectivity index (χ1) is 8.15. The van der Waals surface area contributed by atoms with Crippen LogP contribution in [0.2, 0.25) is 0 Å². The molecule has 2 rings (SSSR count). The van der Waals surface area contributed by atoms with Crippen LogP contribution in [-0.4, -0.2) is 43.2 Å². The zero-order chi connectivity index (χ0) is 12.3. The zero-order valence-electron chi connectivity index (χ0n) is 11.0. The van der Waals surface area contributed by atoms with E-state index in [1.807, 2.05) is 4.90 Å². The summed E-state index contributed by atoms with van der Waals surface area (Å²) in [5.74, 6) is 1.42. The van der Waals surface area contributed by atoms with Gasteiger partial charge in [-0.05, 0) is 44.2 Å². The van der Waals surface area contributed by atoms with Gasteiger partial charge < -0.3 is 15.5 Å². The lowest BCUT2D eigenvalue weighted by Gasteiger charge is -2.17. The average molecular weight is 239 g/mol. The Morgan fingerprint density at radius 1 is 1.47 bits per heavy atom. The van der Waals surface area contributed by atoms with Crippen molar-refractivity contribution in [2.24, 2.45) is 11.8 Å². The van der Waals surface area contributed by atoms with Crippen LogP contribution < -0.4 is 10.6 Å². The van der Waals surface area contributed by atoms with Crippen molar-refractivity contribution in [1.82, 2.24) is 15.5 Å². The second-order valence-corrected chi connectivity index (χ2v) is 5.87. The summed E-state index contributed by atoms with van der Waals surface area (Å²) in [4.78, 5) is 13.8. The summed E-state index contributed by atoms with van der Waals surface area (Å²) < 4.78 is 0. The van der Waals surface area contributed by atoms with Crippen molar-refractivity contribution in [3.63, 3.8) is 0 Å². The van der Waals surface area contributed by atoms with Gasteiger partial charge in [0.25, 0.3) is 0 Å². The van der Waals surface area contributed by atoms with Gasteiger partial charge in [-0.25, -0.2) is 4.79 Å². The van der Waals surface area contributed by atoms with E-state index in [2.05, 4.69) is 24.5 Å². The highest BCUT2D eigenvalue weighted by Gasteiger charge is 2.29. The molecule has 4 nitrogen and oxygen atoms in total. The van der Waals surface area contributed by atoms with E-state index in [-0.39, 0.29) is 6.03 Å². The number of carbonyl (C=O) groups excluding carboxylic acids is 1. The van der Waals surface area contributed by atoms with Gasteiger partial charge in [0.2, 0.25) is 0 Å². The minimum atomic E-state index is 0.140.